The molecule has 0 radical (unpaired) electrons. The van der Waals surface area contributed by atoms with Crippen molar-refractivity contribution in [2.24, 2.45) is 16.7 Å². The number of hydrogen-bond donors (Lipinski definition) is 2. The van der Waals surface area contributed by atoms with Crippen molar-refractivity contribution in [3.05, 3.63) is 47.7 Å². The Morgan fingerprint density at radius 2 is 1.92 bits per heavy atom. The van der Waals surface area contributed by atoms with Gasteiger partial charge in [0.2, 0.25) is 0 Å². The van der Waals surface area contributed by atoms with E-state index in [9.17, 15) is 4.79 Å². The number of benzene rings is 1. The number of hydrogen-bond acceptors (Lipinski definition) is 1. The van der Waals surface area contributed by atoms with Crippen molar-refractivity contribution >= 4 is 5.91 Å². The molecular weight excluding hydrogens is 308 g/mol. The molecule has 1 heterocycles. The van der Waals surface area contributed by atoms with E-state index in [1.807, 2.05) is 31.2 Å². The third-order valence-corrected chi connectivity index (χ3v) is 6.89. The molecule has 25 heavy (non-hydrogen) atoms. The molecule has 2 saturated carbocycles. The maximum Gasteiger partial charge on any atom is 0.253 e. The van der Waals surface area contributed by atoms with Crippen LogP contribution in [-0.2, 0) is 0 Å². The van der Waals surface area contributed by atoms with Gasteiger partial charge in [-0.2, -0.15) is 0 Å². The zero-order chi connectivity index (χ0) is 17.8. The largest absolute Gasteiger partial charge is 0.358 e. The Labute approximate surface area is 150 Å². The first-order chi connectivity index (χ1) is 11.8. The van der Waals surface area contributed by atoms with E-state index in [1.165, 1.54) is 19.3 Å². The topological polar surface area (TPSA) is 44.9 Å². The number of rotatable bonds is 3. The van der Waals surface area contributed by atoms with E-state index in [0.29, 0.717) is 0 Å². The Balaban J connectivity index is 1.59. The van der Waals surface area contributed by atoms with Gasteiger partial charge in [-0.3, -0.25) is 4.79 Å². The molecule has 3 nitrogen and oxygen atoms in total. The Morgan fingerprint density at radius 3 is 2.56 bits per heavy atom. The Kier molecular flexibility index (Phi) is 3.61. The Hall–Kier alpha value is -2.03. The van der Waals surface area contributed by atoms with Gasteiger partial charge in [0.15, 0.2) is 0 Å². The lowest BCUT2D eigenvalue weighted by Crippen LogP contribution is -2.52. The van der Waals surface area contributed by atoms with Gasteiger partial charge in [0, 0.05) is 17.4 Å². The van der Waals surface area contributed by atoms with Crippen LogP contribution in [0.25, 0.3) is 11.3 Å². The fraction of sp³-hybridized carbons (Fsp3) is 0.500. The van der Waals surface area contributed by atoms with Crippen LogP contribution in [-0.4, -0.2) is 16.9 Å². The summed E-state index contributed by atoms with van der Waals surface area (Å²) in [6, 6.07) is 12.4. The van der Waals surface area contributed by atoms with E-state index in [1.54, 1.807) is 0 Å². The highest BCUT2D eigenvalue weighted by Gasteiger charge is 2.59. The molecule has 2 fully saturated rings. The zero-order valence-electron chi connectivity index (χ0n) is 15.6. The average molecular weight is 336 g/mol. The molecule has 0 saturated heterocycles. The monoisotopic (exact) mass is 336 g/mol. The highest BCUT2D eigenvalue weighted by Crippen LogP contribution is 2.62. The number of aryl methyl sites for hydroxylation is 1. The van der Waals surface area contributed by atoms with Gasteiger partial charge in [0.1, 0.15) is 0 Å². The molecular formula is C22H28N2O. The minimum atomic E-state index is 0.0581. The summed E-state index contributed by atoms with van der Waals surface area (Å²) in [7, 11) is 0. The van der Waals surface area contributed by atoms with Crippen molar-refractivity contribution in [2.45, 2.75) is 53.0 Å². The van der Waals surface area contributed by atoms with Crippen molar-refractivity contribution in [3.8, 4) is 11.3 Å². The molecule has 1 aromatic carbocycles. The number of amides is 1. The van der Waals surface area contributed by atoms with Crippen molar-refractivity contribution < 1.29 is 4.79 Å². The van der Waals surface area contributed by atoms with Crippen molar-refractivity contribution in [2.75, 3.05) is 0 Å². The second kappa shape index (κ2) is 5.48. The molecule has 3 atom stereocenters. The summed E-state index contributed by atoms with van der Waals surface area (Å²) in [5, 5.41) is 3.40. The number of carbonyl (C=O) groups is 1. The first-order valence-corrected chi connectivity index (χ1v) is 9.37. The van der Waals surface area contributed by atoms with Crippen molar-refractivity contribution in [1.82, 2.24) is 10.3 Å². The molecule has 2 aliphatic rings. The number of fused-ring (bicyclic) bond motifs is 2. The van der Waals surface area contributed by atoms with Gasteiger partial charge in [0.05, 0.1) is 5.56 Å². The molecule has 1 aromatic heterocycles. The Morgan fingerprint density at radius 1 is 1.20 bits per heavy atom. The van der Waals surface area contributed by atoms with Crippen LogP contribution >= 0.6 is 0 Å². The summed E-state index contributed by atoms with van der Waals surface area (Å²) >= 11 is 0. The molecule has 2 bridgehead atoms. The van der Waals surface area contributed by atoms with Gasteiger partial charge in [-0.05, 0) is 54.6 Å². The van der Waals surface area contributed by atoms with Gasteiger partial charge >= 0.3 is 0 Å². The van der Waals surface area contributed by atoms with Crippen LogP contribution in [0, 0.1) is 23.7 Å². The first kappa shape index (κ1) is 16.4. The average Bonchev–Trinajstić information content (AvgIpc) is 3.21. The molecule has 132 valence electrons. The first-order valence-electron chi connectivity index (χ1n) is 9.37. The second-order valence-corrected chi connectivity index (χ2v) is 8.91. The van der Waals surface area contributed by atoms with Crippen molar-refractivity contribution in [1.29, 1.82) is 0 Å². The normalized spacial score (nSPS) is 29.8. The van der Waals surface area contributed by atoms with Crippen LogP contribution in [0.1, 0.15) is 56.1 Å². The third kappa shape index (κ3) is 2.52. The minimum Gasteiger partial charge on any atom is -0.358 e. The predicted molar refractivity (Wildman–Crippen MR) is 101 cm³/mol. The fourth-order valence-corrected chi connectivity index (χ4v) is 5.44. The van der Waals surface area contributed by atoms with E-state index in [2.05, 4.69) is 43.2 Å². The molecule has 4 rings (SSSR count). The number of aromatic nitrogens is 1. The standard InChI is InChI=1S/C22H28N2O/c1-14-17(12-18(23-14)15-8-6-5-7-9-15)19(25)24-20-21(2,3)16-10-11-22(20,4)13-16/h5-9,12,16,20,23H,10-11,13H2,1-4H3,(H,24,25)/t16-,20-,22+/m1/s1. The zero-order valence-corrected chi connectivity index (χ0v) is 15.6. The van der Waals surface area contributed by atoms with Crippen molar-refractivity contribution in [3.63, 3.8) is 0 Å². The number of aromatic amines is 1. The van der Waals surface area contributed by atoms with Crippen LogP contribution in [0.5, 0.6) is 0 Å². The number of nitrogens with one attached hydrogen (secondary N) is 2. The fourth-order valence-electron chi connectivity index (χ4n) is 5.44. The lowest BCUT2D eigenvalue weighted by Gasteiger charge is -2.43. The van der Waals surface area contributed by atoms with E-state index >= 15 is 0 Å². The molecule has 0 aliphatic heterocycles. The molecule has 0 spiro atoms. The number of carbonyl (C=O) groups excluding carboxylic acids is 1. The minimum absolute atomic E-state index is 0.0581. The van der Waals surface area contributed by atoms with Crippen LogP contribution in [0.2, 0.25) is 0 Å². The maximum absolute atomic E-state index is 13.0. The quantitative estimate of drug-likeness (QED) is 0.820. The summed E-state index contributed by atoms with van der Waals surface area (Å²) in [6.45, 7) is 8.99. The molecule has 3 heteroatoms. The van der Waals surface area contributed by atoms with E-state index in [4.69, 9.17) is 0 Å². The van der Waals surface area contributed by atoms with Gasteiger partial charge in [0.25, 0.3) is 5.91 Å². The summed E-state index contributed by atoms with van der Waals surface area (Å²) in [4.78, 5) is 16.4. The van der Waals surface area contributed by atoms with E-state index in [-0.39, 0.29) is 22.8 Å². The van der Waals surface area contributed by atoms with Crippen LogP contribution in [0.4, 0.5) is 0 Å². The van der Waals surface area contributed by atoms with Crippen LogP contribution in [0.3, 0.4) is 0 Å². The van der Waals surface area contributed by atoms with Crippen LogP contribution < -0.4 is 5.32 Å². The number of H-pyrrole nitrogens is 1. The van der Waals surface area contributed by atoms with Gasteiger partial charge < -0.3 is 10.3 Å². The highest BCUT2D eigenvalue weighted by atomic mass is 16.1. The molecule has 2 aromatic rings. The predicted octanol–water partition coefficient (Wildman–Crippen LogP) is 4.93. The molecule has 0 unspecified atom stereocenters. The lowest BCUT2D eigenvalue weighted by molar-refractivity contribution is 0.0737. The van der Waals surface area contributed by atoms with Gasteiger partial charge in [-0.25, -0.2) is 0 Å². The van der Waals surface area contributed by atoms with Gasteiger partial charge in [-0.1, -0.05) is 51.1 Å². The lowest BCUT2D eigenvalue weighted by atomic mass is 9.68. The van der Waals surface area contributed by atoms with E-state index in [0.717, 1.165) is 28.4 Å². The van der Waals surface area contributed by atoms with Crippen LogP contribution in [0.15, 0.2) is 36.4 Å². The summed E-state index contributed by atoms with van der Waals surface area (Å²) in [5.41, 5.74) is 4.23. The smallest absolute Gasteiger partial charge is 0.253 e. The third-order valence-electron chi connectivity index (χ3n) is 6.89. The highest BCUT2D eigenvalue weighted by molar-refractivity contribution is 5.97. The maximum atomic E-state index is 13.0. The molecule has 2 N–H and O–H groups in total. The SMILES string of the molecule is Cc1[nH]c(-c2ccccc2)cc1C(=O)N[C@@H]1C(C)(C)[C@@H]2CC[C@@]1(C)C2. The molecule has 2 aliphatic carbocycles. The second-order valence-electron chi connectivity index (χ2n) is 8.91. The molecule has 1 amide bonds. The Bertz CT molecular complexity index is 800. The van der Waals surface area contributed by atoms with Gasteiger partial charge in [-0.15, -0.1) is 0 Å². The van der Waals surface area contributed by atoms with E-state index < -0.39 is 0 Å². The summed E-state index contributed by atoms with van der Waals surface area (Å²) in [6.07, 6.45) is 3.77. The summed E-state index contributed by atoms with van der Waals surface area (Å²) < 4.78 is 0. The summed E-state index contributed by atoms with van der Waals surface area (Å²) in [5.74, 6) is 0.790.